The van der Waals surface area contributed by atoms with E-state index >= 15 is 0 Å². The molecule has 0 bridgehead atoms. The molecule has 3 aromatic rings. The minimum absolute atomic E-state index is 0.0971. The summed E-state index contributed by atoms with van der Waals surface area (Å²) in [5.74, 6) is 1.48. The van der Waals surface area contributed by atoms with Crippen molar-refractivity contribution in [3.8, 4) is 11.4 Å². The third kappa shape index (κ3) is 3.81. The van der Waals surface area contributed by atoms with Gasteiger partial charge < -0.3 is 9.47 Å². The van der Waals surface area contributed by atoms with Crippen molar-refractivity contribution in [2.45, 2.75) is 58.7 Å². The van der Waals surface area contributed by atoms with Crippen LogP contribution >= 0.6 is 0 Å². The summed E-state index contributed by atoms with van der Waals surface area (Å²) in [5, 5.41) is 13.4. The van der Waals surface area contributed by atoms with Gasteiger partial charge in [0.25, 0.3) is 0 Å². The minimum atomic E-state index is -0.248. The van der Waals surface area contributed by atoms with E-state index in [1.54, 1.807) is 4.90 Å². The second-order valence-corrected chi connectivity index (χ2v) is 7.79. The molecule has 1 unspecified atom stereocenters. The highest BCUT2D eigenvalue weighted by atomic mass is 16.2. The van der Waals surface area contributed by atoms with Crippen molar-refractivity contribution in [2.24, 2.45) is 0 Å². The quantitative estimate of drug-likeness (QED) is 0.645. The molecule has 2 aromatic heterocycles. The molecule has 0 aliphatic carbocycles. The lowest BCUT2D eigenvalue weighted by Gasteiger charge is -2.27. The molecule has 0 fully saturated rings. The molecular formula is C22H28N6O. The van der Waals surface area contributed by atoms with Gasteiger partial charge in [-0.3, -0.25) is 9.48 Å². The molecule has 1 aliphatic rings. The molecule has 3 heterocycles. The van der Waals surface area contributed by atoms with Gasteiger partial charge in [-0.15, -0.1) is 10.2 Å². The topological polar surface area (TPSA) is 68.8 Å². The second kappa shape index (κ2) is 8.19. The van der Waals surface area contributed by atoms with Crippen LogP contribution < -0.4 is 0 Å². The van der Waals surface area contributed by atoms with E-state index in [9.17, 15) is 4.79 Å². The number of benzene rings is 1. The lowest BCUT2D eigenvalue weighted by Crippen LogP contribution is -2.35. The van der Waals surface area contributed by atoms with Gasteiger partial charge in [0.15, 0.2) is 5.82 Å². The SMILES string of the molecule is CCCn1nc(C)cc1CN(C)C(=O)C1CCCn2c(-c3ccccc3)nnc21. The fourth-order valence-corrected chi connectivity index (χ4v) is 4.13. The summed E-state index contributed by atoms with van der Waals surface area (Å²) < 4.78 is 4.12. The summed E-state index contributed by atoms with van der Waals surface area (Å²) in [6.45, 7) is 6.39. The molecule has 0 spiro atoms. The number of hydrogen-bond donors (Lipinski definition) is 0. The van der Waals surface area contributed by atoms with Gasteiger partial charge in [-0.25, -0.2) is 0 Å². The molecule has 1 aliphatic heterocycles. The average Bonchev–Trinajstić information content (AvgIpc) is 3.31. The Kier molecular flexibility index (Phi) is 5.47. The number of carbonyl (C=O) groups is 1. The zero-order chi connectivity index (χ0) is 20.4. The molecule has 0 N–H and O–H groups in total. The zero-order valence-electron chi connectivity index (χ0n) is 17.4. The van der Waals surface area contributed by atoms with Crippen molar-refractivity contribution in [1.82, 2.24) is 29.4 Å². The van der Waals surface area contributed by atoms with Crippen LogP contribution in [-0.2, 0) is 24.4 Å². The Morgan fingerprint density at radius 3 is 2.79 bits per heavy atom. The maximum absolute atomic E-state index is 13.3. The van der Waals surface area contributed by atoms with Crippen LogP contribution in [0.2, 0.25) is 0 Å². The first kappa shape index (κ1) is 19.4. The maximum atomic E-state index is 13.3. The van der Waals surface area contributed by atoms with Crippen molar-refractivity contribution in [3.63, 3.8) is 0 Å². The number of carbonyl (C=O) groups excluding carboxylic acids is 1. The third-order valence-electron chi connectivity index (χ3n) is 5.49. The van der Waals surface area contributed by atoms with Crippen molar-refractivity contribution in [1.29, 1.82) is 0 Å². The van der Waals surface area contributed by atoms with E-state index in [4.69, 9.17) is 0 Å². The van der Waals surface area contributed by atoms with E-state index in [1.807, 2.05) is 49.0 Å². The summed E-state index contributed by atoms with van der Waals surface area (Å²) in [7, 11) is 1.87. The first-order valence-corrected chi connectivity index (χ1v) is 10.3. The van der Waals surface area contributed by atoms with Crippen LogP contribution in [0.15, 0.2) is 36.4 Å². The van der Waals surface area contributed by atoms with Gasteiger partial charge in [-0.2, -0.15) is 5.10 Å². The molecule has 0 saturated carbocycles. The molecule has 29 heavy (non-hydrogen) atoms. The first-order chi connectivity index (χ1) is 14.1. The number of rotatable bonds is 6. The van der Waals surface area contributed by atoms with Gasteiger partial charge in [-0.05, 0) is 32.3 Å². The van der Waals surface area contributed by atoms with E-state index in [2.05, 4.69) is 32.9 Å². The monoisotopic (exact) mass is 392 g/mol. The molecule has 7 nitrogen and oxygen atoms in total. The molecular weight excluding hydrogens is 364 g/mol. The molecule has 0 radical (unpaired) electrons. The number of likely N-dealkylation sites (N-methyl/N-ethyl adjacent to an activating group) is 1. The van der Waals surface area contributed by atoms with E-state index in [1.165, 1.54) is 0 Å². The fourth-order valence-electron chi connectivity index (χ4n) is 4.13. The minimum Gasteiger partial charge on any atom is -0.339 e. The van der Waals surface area contributed by atoms with Crippen LogP contribution in [-0.4, -0.2) is 42.4 Å². The average molecular weight is 393 g/mol. The molecule has 1 aromatic carbocycles. The van der Waals surface area contributed by atoms with Crippen LogP contribution in [0.4, 0.5) is 0 Å². The fraction of sp³-hybridized carbons (Fsp3) is 0.455. The normalized spacial score (nSPS) is 15.9. The van der Waals surface area contributed by atoms with Gasteiger partial charge >= 0.3 is 0 Å². The number of fused-ring (bicyclic) bond motifs is 1. The zero-order valence-corrected chi connectivity index (χ0v) is 17.4. The van der Waals surface area contributed by atoms with Gasteiger partial charge in [-0.1, -0.05) is 37.3 Å². The van der Waals surface area contributed by atoms with Gasteiger partial charge in [0.05, 0.1) is 23.9 Å². The Balaban J connectivity index is 1.56. The number of hydrogen-bond acceptors (Lipinski definition) is 4. The highest BCUT2D eigenvalue weighted by molar-refractivity contribution is 5.83. The van der Waals surface area contributed by atoms with Gasteiger partial charge in [0.1, 0.15) is 5.82 Å². The van der Waals surface area contributed by atoms with Crippen LogP contribution in [0.25, 0.3) is 11.4 Å². The highest BCUT2D eigenvalue weighted by Crippen LogP contribution is 2.31. The predicted octanol–water partition coefficient (Wildman–Crippen LogP) is 3.40. The molecule has 7 heteroatoms. The standard InChI is InChI=1S/C22H28N6O/c1-4-12-28-18(14-16(2)25-28)15-26(3)22(29)19-11-8-13-27-20(23-24-21(19)27)17-9-6-5-7-10-17/h5-7,9-10,14,19H,4,8,11-13,15H2,1-3H3. The Labute approximate surface area is 171 Å². The largest absolute Gasteiger partial charge is 0.339 e. The smallest absolute Gasteiger partial charge is 0.233 e. The summed E-state index contributed by atoms with van der Waals surface area (Å²) in [6.07, 6.45) is 2.77. The van der Waals surface area contributed by atoms with E-state index in [-0.39, 0.29) is 11.8 Å². The Hall–Kier alpha value is -2.96. The second-order valence-electron chi connectivity index (χ2n) is 7.79. The molecule has 1 atom stereocenters. The van der Waals surface area contributed by atoms with Crippen LogP contribution in [0, 0.1) is 6.92 Å². The predicted molar refractivity (Wildman–Crippen MR) is 111 cm³/mol. The summed E-state index contributed by atoms with van der Waals surface area (Å²) in [5.41, 5.74) is 3.09. The summed E-state index contributed by atoms with van der Waals surface area (Å²) in [6, 6.07) is 12.1. The Bertz CT molecular complexity index is 990. The van der Waals surface area contributed by atoms with Crippen LogP contribution in [0.3, 0.4) is 0 Å². The molecule has 152 valence electrons. The van der Waals surface area contributed by atoms with Crippen LogP contribution in [0.1, 0.15) is 49.3 Å². The van der Waals surface area contributed by atoms with Crippen molar-refractivity contribution < 1.29 is 4.79 Å². The maximum Gasteiger partial charge on any atom is 0.233 e. The molecule has 1 amide bonds. The summed E-state index contributed by atoms with van der Waals surface area (Å²) in [4.78, 5) is 15.1. The van der Waals surface area contributed by atoms with E-state index in [0.717, 1.165) is 61.0 Å². The summed E-state index contributed by atoms with van der Waals surface area (Å²) >= 11 is 0. The number of amides is 1. The van der Waals surface area contributed by atoms with Crippen molar-refractivity contribution in [3.05, 3.63) is 53.6 Å². The highest BCUT2D eigenvalue weighted by Gasteiger charge is 2.33. The molecule has 4 rings (SSSR count). The Morgan fingerprint density at radius 1 is 1.24 bits per heavy atom. The van der Waals surface area contributed by atoms with Gasteiger partial charge in [0, 0.05) is 25.7 Å². The molecule has 0 saturated heterocycles. The number of nitrogens with zero attached hydrogens (tertiary/aromatic N) is 6. The van der Waals surface area contributed by atoms with Crippen molar-refractivity contribution in [2.75, 3.05) is 7.05 Å². The van der Waals surface area contributed by atoms with Crippen molar-refractivity contribution >= 4 is 5.91 Å². The number of aryl methyl sites for hydroxylation is 2. The Morgan fingerprint density at radius 2 is 2.03 bits per heavy atom. The van der Waals surface area contributed by atoms with E-state index in [0.29, 0.717) is 6.54 Å². The first-order valence-electron chi connectivity index (χ1n) is 10.3. The van der Waals surface area contributed by atoms with Crippen LogP contribution in [0.5, 0.6) is 0 Å². The lowest BCUT2D eigenvalue weighted by atomic mass is 9.97. The lowest BCUT2D eigenvalue weighted by molar-refractivity contribution is -0.132. The van der Waals surface area contributed by atoms with Gasteiger partial charge in [0.2, 0.25) is 5.91 Å². The number of aromatic nitrogens is 5. The van der Waals surface area contributed by atoms with E-state index < -0.39 is 0 Å². The third-order valence-corrected chi connectivity index (χ3v) is 5.49.